The first-order valence-corrected chi connectivity index (χ1v) is 9.27. The number of nitrogens with one attached hydrogen (secondary N) is 1. The van der Waals surface area contributed by atoms with Crippen molar-refractivity contribution in [1.29, 1.82) is 0 Å². The number of nitrogens with zero attached hydrogens (tertiary/aromatic N) is 3. The van der Waals surface area contributed by atoms with E-state index in [2.05, 4.69) is 15.5 Å². The molecule has 2 aromatic rings. The highest BCUT2D eigenvalue weighted by Gasteiger charge is 2.34. The number of benzene rings is 1. The molecule has 7 nitrogen and oxygen atoms in total. The molecule has 0 unspecified atom stereocenters. The molecule has 1 N–H and O–H groups in total. The van der Waals surface area contributed by atoms with E-state index < -0.39 is 0 Å². The number of likely N-dealkylation sites (tertiary alicyclic amines) is 1. The van der Waals surface area contributed by atoms with E-state index in [1.165, 1.54) is 0 Å². The number of ether oxygens (including phenoxy) is 1. The fourth-order valence-corrected chi connectivity index (χ4v) is 3.65. The third-order valence-electron chi connectivity index (χ3n) is 5.02. The third kappa shape index (κ3) is 3.58. The lowest BCUT2D eigenvalue weighted by Gasteiger charge is -2.23. The van der Waals surface area contributed by atoms with Crippen molar-refractivity contribution in [2.75, 3.05) is 19.7 Å². The number of hydrogen-bond donors (Lipinski definition) is 1. The Morgan fingerprint density at radius 2 is 2.27 bits per heavy atom. The summed E-state index contributed by atoms with van der Waals surface area (Å²) in [7, 11) is 0. The van der Waals surface area contributed by atoms with Gasteiger partial charge in [-0.1, -0.05) is 28.9 Å². The zero-order valence-corrected chi connectivity index (χ0v) is 15.0. The third-order valence-corrected chi connectivity index (χ3v) is 5.02. The molecule has 0 radical (unpaired) electrons. The van der Waals surface area contributed by atoms with Crippen molar-refractivity contribution in [1.82, 2.24) is 20.4 Å². The molecule has 2 fully saturated rings. The van der Waals surface area contributed by atoms with Gasteiger partial charge in [0.05, 0.1) is 6.10 Å². The Bertz CT molecular complexity index is 770. The van der Waals surface area contributed by atoms with Gasteiger partial charge in [0.15, 0.2) is 0 Å². The van der Waals surface area contributed by atoms with Gasteiger partial charge in [-0.25, -0.2) is 4.79 Å². The van der Waals surface area contributed by atoms with Crippen molar-refractivity contribution in [3.05, 3.63) is 35.7 Å². The van der Waals surface area contributed by atoms with Crippen LogP contribution in [0.1, 0.15) is 43.2 Å². The van der Waals surface area contributed by atoms with Crippen LogP contribution < -0.4 is 5.32 Å². The van der Waals surface area contributed by atoms with Crippen LogP contribution in [0.5, 0.6) is 0 Å². The predicted octanol–water partition coefficient (Wildman–Crippen LogP) is 3.07. The van der Waals surface area contributed by atoms with Gasteiger partial charge in [0.25, 0.3) is 0 Å². The Balaban J connectivity index is 1.43. The predicted molar refractivity (Wildman–Crippen MR) is 95.5 cm³/mol. The van der Waals surface area contributed by atoms with Crippen LogP contribution >= 0.6 is 0 Å². The van der Waals surface area contributed by atoms with Crippen LogP contribution in [0.25, 0.3) is 11.4 Å². The van der Waals surface area contributed by atoms with Gasteiger partial charge in [-0.3, -0.25) is 0 Å². The molecule has 26 heavy (non-hydrogen) atoms. The molecule has 0 bridgehead atoms. The minimum atomic E-state index is -0.162. The molecule has 4 rings (SSSR count). The van der Waals surface area contributed by atoms with Gasteiger partial charge in [-0.15, -0.1) is 0 Å². The molecule has 7 heteroatoms. The van der Waals surface area contributed by atoms with E-state index in [1.54, 1.807) is 4.90 Å². The number of aryl methyl sites for hydroxylation is 1. The minimum Gasteiger partial charge on any atom is -0.376 e. The van der Waals surface area contributed by atoms with Crippen molar-refractivity contribution >= 4 is 6.03 Å². The molecule has 0 spiro atoms. The van der Waals surface area contributed by atoms with Crippen LogP contribution in [0.2, 0.25) is 0 Å². The number of carbonyl (C=O) groups is 1. The molecular weight excluding hydrogens is 332 g/mol. The number of urea groups is 1. The molecular formula is C19H24N4O3. The number of hydrogen-bond acceptors (Lipinski definition) is 5. The quantitative estimate of drug-likeness (QED) is 0.910. The van der Waals surface area contributed by atoms with E-state index in [0.717, 1.165) is 43.4 Å². The van der Waals surface area contributed by atoms with Gasteiger partial charge in [0, 0.05) is 25.3 Å². The molecule has 2 atom stereocenters. The van der Waals surface area contributed by atoms with E-state index in [-0.39, 0.29) is 18.2 Å². The maximum Gasteiger partial charge on any atom is 0.318 e. The Morgan fingerprint density at radius 3 is 3.08 bits per heavy atom. The van der Waals surface area contributed by atoms with E-state index in [0.29, 0.717) is 24.8 Å². The maximum absolute atomic E-state index is 12.6. The van der Waals surface area contributed by atoms with Crippen LogP contribution in [-0.2, 0) is 4.74 Å². The smallest absolute Gasteiger partial charge is 0.318 e. The Labute approximate surface area is 152 Å². The molecule has 0 aliphatic carbocycles. The molecule has 1 aromatic heterocycles. The summed E-state index contributed by atoms with van der Waals surface area (Å²) in [6, 6.07) is 7.74. The second-order valence-corrected chi connectivity index (χ2v) is 7.00. The molecule has 2 aliphatic heterocycles. The van der Waals surface area contributed by atoms with Gasteiger partial charge in [-0.05, 0) is 38.7 Å². The number of aromatic nitrogens is 2. The van der Waals surface area contributed by atoms with Crippen LogP contribution in [-0.4, -0.2) is 46.9 Å². The lowest BCUT2D eigenvalue weighted by molar-refractivity contribution is 0.108. The first kappa shape index (κ1) is 17.0. The monoisotopic (exact) mass is 356 g/mol. The SMILES string of the molecule is Cc1cccc(-c2noc([C@@H]3CCCN3C(=O)NC[C@H]3CCCO3)n2)c1. The minimum absolute atomic E-state index is 0.0849. The molecule has 2 aliphatic rings. The molecule has 138 valence electrons. The highest BCUT2D eigenvalue weighted by atomic mass is 16.5. The summed E-state index contributed by atoms with van der Waals surface area (Å²) in [4.78, 5) is 18.9. The van der Waals surface area contributed by atoms with Crippen molar-refractivity contribution in [3.63, 3.8) is 0 Å². The van der Waals surface area contributed by atoms with E-state index >= 15 is 0 Å². The van der Waals surface area contributed by atoms with Gasteiger partial charge >= 0.3 is 6.03 Å². The topological polar surface area (TPSA) is 80.5 Å². The summed E-state index contributed by atoms with van der Waals surface area (Å²) >= 11 is 0. The van der Waals surface area contributed by atoms with Crippen molar-refractivity contribution in [2.24, 2.45) is 0 Å². The second-order valence-electron chi connectivity index (χ2n) is 7.00. The van der Waals surface area contributed by atoms with Crippen molar-refractivity contribution < 1.29 is 14.1 Å². The summed E-state index contributed by atoms with van der Waals surface area (Å²) in [5, 5.41) is 7.09. The molecule has 0 saturated carbocycles. The fraction of sp³-hybridized carbons (Fsp3) is 0.526. The van der Waals surface area contributed by atoms with Crippen LogP contribution in [0.4, 0.5) is 4.79 Å². The Hall–Kier alpha value is -2.41. The number of amides is 2. The summed E-state index contributed by atoms with van der Waals surface area (Å²) in [6.45, 7) is 4.07. The molecule has 1 aromatic carbocycles. The molecule has 2 amide bonds. The number of carbonyl (C=O) groups excluding carboxylic acids is 1. The largest absolute Gasteiger partial charge is 0.376 e. The maximum atomic E-state index is 12.6. The van der Waals surface area contributed by atoms with Gasteiger partial charge in [0.1, 0.15) is 6.04 Å². The lowest BCUT2D eigenvalue weighted by Crippen LogP contribution is -2.42. The summed E-state index contributed by atoms with van der Waals surface area (Å²) in [5.41, 5.74) is 2.07. The fourth-order valence-electron chi connectivity index (χ4n) is 3.65. The van der Waals surface area contributed by atoms with Crippen LogP contribution in [0.15, 0.2) is 28.8 Å². The highest BCUT2D eigenvalue weighted by molar-refractivity contribution is 5.75. The van der Waals surface area contributed by atoms with Gasteiger partial charge < -0.3 is 19.5 Å². The normalized spacial score (nSPS) is 22.7. The van der Waals surface area contributed by atoms with E-state index in [4.69, 9.17) is 9.26 Å². The van der Waals surface area contributed by atoms with Crippen molar-refractivity contribution in [3.8, 4) is 11.4 Å². The van der Waals surface area contributed by atoms with Gasteiger partial charge in [0.2, 0.25) is 11.7 Å². The lowest BCUT2D eigenvalue weighted by atomic mass is 10.1. The number of rotatable bonds is 4. The molecule has 3 heterocycles. The average Bonchev–Trinajstić information content (AvgIpc) is 3.40. The molecule has 2 saturated heterocycles. The Kier molecular flexibility index (Phi) is 4.88. The first-order valence-electron chi connectivity index (χ1n) is 9.27. The zero-order chi connectivity index (χ0) is 17.9. The average molecular weight is 356 g/mol. The summed E-state index contributed by atoms with van der Waals surface area (Å²) in [6.07, 6.45) is 3.98. The summed E-state index contributed by atoms with van der Waals surface area (Å²) in [5.74, 6) is 1.07. The standard InChI is InChI=1S/C19H24N4O3/c1-13-5-2-6-14(11-13)17-21-18(26-22-17)16-8-3-9-23(16)19(24)20-12-15-7-4-10-25-15/h2,5-6,11,15-16H,3-4,7-10,12H2,1H3,(H,20,24)/t15-,16+/m1/s1. The first-order chi connectivity index (χ1) is 12.7. The highest BCUT2D eigenvalue weighted by Crippen LogP contribution is 2.32. The van der Waals surface area contributed by atoms with E-state index in [9.17, 15) is 4.79 Å². The van der Waals surface area contributed by atoms with Crippen LogP contribution in [0, 0.1) is 6.92 Å². The second kappa shape index (κ2) is 7.45. The Morgan fingerprint density at radius 1 is 1.35 bits per heavy atom. The zero-order valence-electron chi connectivity index (χ0n) is 15.0. The van der Waals surface area contributed by atoms with E-state index in [1.807, 2.05) is 31.2 Å². The van der Waals surface area contributed by atoms with Crippen LogP contribution in [0.3, 0.4) is 0 Å². The van der Waals surface area contributed by atoms with Gasteiger partial charge in [-0.2, -0.15) is 4.98 Å². The summed E-state index contributed by atoms with van der Waals surface area (Å²) < 4.78 is 11.1. The van der Waals surface area contributed by atoms with Crippen molar-refractivity contribution in [2.45, 2.75) is 44.8 Å².